The zero-order valence-electron chi connectivity index (χ0n) is 11.9. The van der Waals surface area contributed by atoms with Crippen LogP contribution in [0.3, 0.4) is 0 Å². The summed E-state index contributed by atoms with van der Waals surface area (Å²) >= 11 is 0. The van der Waals surface area contributed by atoms with Gasteiger partial charge >= 0.3 is 0 Å². The summed E-state index contributed by atoms with van der Waals surface area (Å²) in [5.74, 6) is 0.627. The smallest absolute Gasteiger partial charge is 0.255 e. The Hall–Kier alpha value is -2.43. The lowest BCUT2D eigenvalue weighted by atomic mass is 10.2. The number of rotatable bonds is 3. The third kappa shape index (κ3) is 3.18. The van der Waals surface area contributed by atoms with E-state index in [-0.39, 0.29) is 12.0 Å². The van der Waals surface area contributed by atoms with Crippen LogP contribution in [-0.2, 0) is 0 Å². The van der Waals surface area contributed by atoms with Crippen LogP contribution in [0.15, 0.2) is 42.7 Å². The number of aromatic nitrogens is 2. The molecule has 21 heavy (non-hydrogen) atoms. The van der Waals surface area contributed by atoms with Crippen molar-refractivity contribution in [2.45, 2.75) is 19.4 Å². The van der Waals surface area contributed by atoms with Crippen LogP contribution in [0.5, 0.6) is 5.88 Å². The van der Waals surface area contributed by atoms with E-state index in [1.807, 2.05) is 25.1 Å². The molecule has 3 heterocycles. The quantitative estimate of drug-likeness (QED) is 0.865. The zero-order chi connectivity index (χ0) is 14.7. The van der Waals surface area contributed by atoms with E-state index in [1.54, 1.807) is 29.4 Å². The Morgan fingerprint density at radius 1 is 1.33 bits per heavy atom. The first-order valence-electron chi connectivity index (χ1n) is 7.02. The highest BCUT2D eigenvalue weighted by molar-refractivity contribution is 5.94. The minimum Gasteiger partial charge on any atom is -0.472 e. The number of likely N-dealkylation sites (tertiary alicyclic amines) is 1. The van der Waals surface area contributed by atoms with Crippen LogP contribution in [-0.4, -0.2) is 40.0 Å². The molecule has 1 amide bonds. The summed E-state index contributed by atoms with van der Waals surface area (Å²) in [6.45, 7) is 3.22. The fraction of sp³-hybridized carbons (Fsp3) is 0.312. The fourth-order valence-electron chi connectivity index (χ4n) is 2.44. The van der Waals surface area contributed by atoms with Crippen molar-refractivity contribution in [3.63, 3.8) is 0 Å². The molecule has 5 heteroatoms. The van der Waals surface area contributed by atoms with Gasteiger partial charge in [0, 0.05) is 37.1 Å². The molecule has 2 aromatic rings. The van der Waals surface area contributed by atoms with Crippen molar-refractivity contribution in [3.05, 3.63) is 54.0 Å². The minimum absolute atomic E-state index is 0.0000728. The highest BCUT2D eigenvalue weighted by Gasteiger charge is 2.28. The van der Waals surface area contributed by atoms with Crippen LogP contribution in [0.4, 0.5) is 0 Å². The molecule has 1 fully saturated rings. The van der Waals surface area contributed by atoms with Gasteiger partial charge in [-0.15, -0.1) is 0 Å². The zero-order valence-corrected chi connectivity index (χ0v) is 11.9. The SMILES string of the molecule is Cc1cccc(OC2CCN(C(=O)c3cccnc3)C2)n1. The van der Waals surface area contributed by atoms with Crippen LogP contribution >= 0.6 is 0 Å². The minimum atomic E-state index is -0.0000728. The Morgan fingerprint density at radius 3 is 3.00 bits per heavy atom. The van der Waals surface area contributed by atoms with Gasteiger partial charge in [0.25, 0.3) is 5.91 Å². The summed E-state index contributed by atoms with van der Waals surface area (Å²) in [5, 5.41) is 0. The van der Waals surface area contributed by atoms with Crippen LogP contribution < -0.4 is 4.74 Å². The lowest BCUT2D eigenvalue weighted by Gasteiger charge is -2.17. The Balaban J connectivity index is 1.62. The number of ether oxygens (including phenoxy) is 1. The molecule has 1 unspecified atom stereocenters. The Kier molecular flexibility index (Phi) is 3.81. The molecular formula is C16H17N3O2. The maximum atomic E-state index is 12.3. The molecule has 3 rings (SSSR count). The van der Waals surface area contributed by atoms with Crippen LogP contribution in [0.1, 0.15) is 22.5 Å². The van der Waals surface area contributed by atoms with Crippen LogP contribution in [0, 0.1) is 6.92 Å². The molecule has 5 nitrogen and oxygen atoms in total. The van der Waals surface area contributed by atoms with E-state index in [0.717, 1.165) is 12.1 Å². The molecule has 0 aromatic carbocycles. The van der Waals surface area contributed by atoms with Crippen molar-refractivity contribution < 1.29 is 9.53 Å². The first-order valence-corrected chi connectivity index (χ1v) is 7.02. The van der Waals surface area contributed by atoms with Gasteiger partial charge in [0.1, 0.15) is 6.10 Å². The summed E-state index contributed by atoms with van der Waals surface area (Å²) in [6, 6.07) is 9.25. The van der Waals surface area contributed by atoms with Gasteiger partial charge in [-0.25, -0.2) is 4.98 Å². The molecule has 0 spiro atoms. The summed E-state index contributed by atoms with van der Waals surface area (Å²) < 4.78 is 5.85. The highest BCUT2D eigenvalue weighted by atomic mass is 16.5. The number of carbonyl (C=O) groups excluding carboxylic acids is 1. The van der Waals surface area contributed by atoms with E-state index < -0.39 is 0 Å². The van der Waals surface area contributed by atoms with Crippen molar-refractivity contribution in [1.82, 2.24) is 14.9 Å². The number of hydrogen-bond donors (Lipinski definition) is 0. The van der Waals surface area contributed by atoms with Gasteiger partial charge in [0.2, 0.25) is 5.88 Å². The van der Waals surface area contributed by atoms with Crippen molar-refractivity contribution >= 4 is 5.91 Å². The first kappa shape index (κ1) is 13.5. The summed E-state index contributed by atoms with van der Waals surface area (Å²) in [4.78, 5) is 22.4. The van der Waals surface area contributed by atoms with Gasteiger partial charge in [-0.05, 0) is 25.1 Å². The molecule has 0 aliphatic carbocycles. The molecule has 1 aliphatic heterocycles. The summed E-state index contributed by atoms with van der Waals surface area (Å²) in [5.41, 5.74) is 1.54. The van der Waals surface area contributed by atoms with Gasteiger partial charge in [0.05, 0.1) is 12.1 Å². The standard InChI is InChI=1S/C16H17N3O2/c1-12-4-2-6-15(18-12)21-14-7-9-19(11-14)16(20)13-5-3-8-17-10-13/h2-6,8,10,14H,7,9,11H2,1H3. The fourth-order valence-corrected chi connectivity index (χ4v) is 2.44. The second-order valence-corrected chi connectivity index (χ2v) is 5.14. The lowest BCUT2D eigenvalue weighted by Crippen LogP contribution is -2.31. The average molecular weight is 283 g/mol. The number of aryl methyl sites for hydroxylation is 1. The molecule has 0 radical (unpaired) electrons. The second-order valence-electron chi connectivity index (χ2n) is 5.14. The number of pyridine rings is 2. The largest absolute Gasteiger partial charge is 0.472 e. The maximum absolute atomic E-state index is 12.3. The predicted octanol–water partition coefficient (Wildman–Crippen LogP) is 2.08. The van der Waals surface area contributed by atoms with Crippen molar-refractivity contribution in [2.75, 3.05) is 13.1 Å². The van der Waals surface area contributed by atoms with Crippen LogP contribution in [0.2, 0.25) is 0 Å². The molecule has 0 bridgehead atoms. The molecule has 0 N–H and O–H groups in total. The number of hydrogen-bond acceptors (Lipinski definition) is 4. The van der Waals surface area contributed by atoms with Gasteiger partial charge in [0.15, 0.2) is 0 Å². The van der Waals surface area contributed by atoms with E-state index in [9.17, 15) is 4.79 Å². The van der Waals surface area contributed by atoms with E-state index >= 15 is 0 Å². The molecule has 2 aromatic heterocycles. The van der Waals surface area contributed by atoms with Gasteiger partial charge < -0.3 is 9.64 Å². The van der Waals surface area contributed by atoms with Crippen molar-refractivity contribution in [2.24, 2.45) is 0 Å². The van der Waals surface area contributed by atoms with E-state index in [0.29, 0.717) is 24.5 Å². The van der Waals surface area contributed by atoms with Gasteiger partial charge in [-0.3, -0.25) is 9.78 Å². The molecule has 0 saturated carbocycles. The van der Waals surface area contributed by atoms with Gasteiger partial charge in [-0.1, -0.05) is 6.07 Å². The third-order valence-electron chi connectivity index (χ3n) is 3.49. The molecule has 1 atom stereocenters. The lowest BCUT2D eigenvalue weighted by molar-refractivity contribution is 0.0770. The second kappa shape index (κ2) is 5.91. The Labute approximate surface area is 123 Å². The number of carbonyl (C=O) groups is 1. The summed E-state index contributed by atoms with van der Waals surface area (Å²) in [6.07, 6.45) is 4.08. The highest BCUT2D eigenvalue weighted by Crippen LogP contribution is 2.18. The third-order valence-corrected chi connectivity index (χ3v) is 3.49. The Morgan fingerprint density at radius 2 is 2.24 bits per heavy atom. The monoisotopic (exact) mass is 283 g/mol. The topological polar surface area (TPSA) is 55.3 Å². The Bertz CT molecular complexity index is 630. The van der Waals surface area contributed by atoms with Gasteiger partial charge in [-0.2, -0.15) is 0 Å². The molecular weight excluding hydrogens is 266 g/mol. The number of nitrogens with zero attached hydrogens (tertiary/aromatic N) is 3. The van der Waals surface area contributed by atoms with Crippen LogP contribution in [0.25, 0.3) is 0 Å². The average Bonchev–Trinajstić information content (AvgIpc) is 2.96. The molecule has 1 aliphatic rings. The van der Waals surface area contributed by atoms with E-state index in [4.69, 9.17) is 4.74 Å². The van der Waals surface area contributed by atoms with E-state index in [2.05, 4.69) is 9.97 Å². The summed E-state index contributed by atoms with van der Waals surface area (Å²) in [7, 11) is 0. The normalized spacial score (nSPS) is 17.8. The first-order chi connectivity index (χ1) is 10.2. The maximum Gasteiger partial charge on any atom is 0.255 e. The van der Waals surface area contributed by atoms with Crippen molar-refractivity contribution in [1.29, 1.82) is 0 Å². The van der Waals surface area contributed by atoms with E-state index in [1.165, 1.54) is 0 Å². The molecule has 1 saturated heterocycles. The number of amides is 1. The van der Waals surface area contributed by atoms with Crippen molar-refractivity contribution in [3.8, 4) is 5.88 Å². The predicted molar refractivity (Wildman–Crippen MR) is 78.1 cm³/mol. The molecule has 108 valence electrons.